The Morgan fingerprint density at radius 2 is 2.17 bits per heavy atom. The van der Waals surface area contributed by atoms with Crippen molar-refractivity contribution >= 4 is 28.7 Å². The zero-order valence-corrected chi connectivity index (χ0v) is 17.5. The van der Waals surface area contributed by atoms with Crippen LogP contribution in [-0.4, -0.2) is 50.2 Å². The minimum absolute atomic E-state index is 0.0636. The first-order valence-corrected chi connectivity index (χ1v) is 11.2. The zero-order chi connectivity index (χ0) is 20.7. The van der Waals surface area contributed by atoms with Crippen molar-refractivity contribution in [3.63, 3.8) is 0 Å². The van der Waals surface area contributed by atoms with Gasteiger partial charge < -0.3 is 10.1 Å². The van der Waals surface area contributed by atoms with Gasteiger partial charge in [0.1, 0.15) is 5.39 Å². The van der Waals surface area contributed by atoms with Crippen LogP contribution in [-0.2, 0) is 9.53 Å². The van der Waals surface area contributed by atoms with Crippen LogP contribution >= 0.6 is 11.8 Å². The fraction of sp³-hybridized carbons (Fsp3) is 0.429. The highest BCUT2D eigenvalue weighted by Crippen LogP contribution is 2.33. The van der Waals surface area contributed by atoms with Crippen molar-refractivity contribution in [2.75, 3.05) is 18.9 Å². The molecule has 1 N–H and O–H groups in total. The molecule has 2 aliphatic rings. The molecule has 5 rings (SSSR count). The molecule has 0 spiro atoms. The summed E-state index contributed by atoms with van der Waals surface area (Å²) in [6, 6.07) is 7.72. The summed E-state index contributed by atoms with van der Waals surface area (Å²) in [7, 11) is 0. The molecule has 1 saturated heterocycles. The maximum absolute atomic E-state index is 13.2. The Kier molecular flexibility index (Phi) is 5.08. The SMILES string of the molecule is Cc1ccc(-n2ncc3c(=O)n4c(nc32)SCC4CC(=O)NCC2CCCO2)cc1. The monoisotopic (exact) mass is 425 g/mol. The average Bonchev–Trinajstić information content (AvgIpc) is 3.48. The van der Waals surface area contributed by atoms with Gasteiger partial charge in [-0.2, -0.15) is 5.10 Å². The Labute approximate surface area is 177 Å². The van der Waals surface area contributed by atoms with E-state index in [1.807, 2.05) is 31.2 Å². The highest BCUT2D eigenvalue weighted by atomic mass is 32.2. The normalized spacial score (nSPS) is 20.6. The summed E-state index contributed by atoms with van der Waals surface area (Å²) in [6.07, 6.45) is 3.95. The number of nitrogens with zero attached hydrogens (tertiary/aromatic N) is 4. The Balaban J connectivity index is 1.39. The number of rotatable bonds is 5. The van der Waals surface area contributed by atoms with E-state index in [1.54, 1.807) is 15.4 Å². The van der Waals surface area contributed by atoms with Crippen LogP contribution in [0.1, 0.15) is 30.9 Å². The van der Waals surface area contributed by atoms with E-state index >= 15 is 0 Å². The predicted octanol–water partition coefficient (Wildman–Crippen LogP) is 2.22. The first-order chi connectivity index (χ1) is 14.6. The van der Waals surface area contributed by atoms with E-state index in [-0.39, 0.29) is 30.0 Å². The molecule has 30 heavy (non-hydrogen) atoms. The van der Waals surface area contributed by atoms with Crippen LogP contribution in [0.5, 0.6) is 0 Å². The van der Waals surface area contributed by atoms with Gasteiger partial charge in [0, 0.05) is 25.3 Å². The smallest absolute Gasteiger partial charge is 0.265 e. The molecular formula is C21H23N5O3S. The summed E-state index contributed by atoms with van der Waals surface area (Å²) in [6.45, 7) is 3.32. The molecule has 9 heteroatoms. The summed E-state index contributed by atoms with van der Waals surface area (Å²) in [5.41, 5.74) is 2.42. The molecule has 1 aromatic carbocycles. The summed E-state index contributed by atoms with van der Waals surface area (Å²) in [5.74, 6) is 0.589. The van der Waals surface area contributed by atoms with Gasteiger partial charge in [0.25, 0.3) is 5.56 Å². The van der Waals surface area contributed by atoms with Crippen molar-refractivity contribution in [1.29, 1.82) is 0 Å². The fourth-order valence-electron chi connectivity index (χ4n) is 3.97. The van der Waals surface area contributed by atoms with Crippen LogP contribution in [0.4, 0.5) is 0 Å². The third-order valence-corrected chi connectivity index (χ3v) is 6.72. The van der Waals surface area contributed by atoms with E-state index < -0.39 is 0 Å². The van der Waals surface area contributed by atoms with Gasteiger partial charge >= 0.3 is 0 Å². The number of nitrogens with one attached hydrogen (secondary N) is 1. The third-order valence-electron chi connectivity index (χ3n) is 5.62. The number of aryl methyl sites for hydroxylation is 1. The van der Waals surface area contributed by atoms with Crippen molar-refractivity contribution in [2.24, 2.45) is 0 Å². The lowest BCUT2D eigenvalue weighted by atomic mass is 10.2. The lowest BCUT2D eigenvalue weighted by Gasteiger charge is -2.15. The molecule has 0 saturated carbocycles. The van der Waals surface area contributed by atoms with E-state index in [2.05, 4.69) is 10.4 Å². The summed E-state index contributed by atoms with van der Waals surface area (Å²) in [4.78, 5) is 30.3. The molecule has 0 bridgehead atoms. The van der Waals surface area contributed by atoms with Gasteiger partial charge in [-0.1, -0.05) is 29.5 Å². The van der Waals surface area contributed by atoms with Crippen LogP contribution in [0.3, 0.4) is 0 Å². The number of ether oxygens (including phenoxy) is 1. The van der Waals surface area contributed by atoms with Crippen molar-refractivity contribution in [3.8, 4) is 5.69 Å². The van der Waals surface area contributed by atoms with Crippen molar-refractivity contribution in [3.05, 3.63) is 46.4 Å². The third kappa shape index (κ3) is 3.52. The van der Waals surface area contributed by atoms with Gasteiger partial charge in [-0.3, -0.25) is 14.2 Å². The topological polar surface area (TPSA) is 91.0 Å². The molecule has 2 unspecified atom stereocenters. The summed E-state index contributed by atoms with van der Waals surface area (Å²) in [5, 5.41) is 8.44. The molecule has 4 heterocycles. The van der Waals surface area contributed by atoms with Crippen LogP contribution in [0.25, 0.3) is 16.7 Å². The Morgan fingerprint density at radius 1 is 1.33 bits per heavy atom. The number of hydrogen-bond donors (Lipinski definition) is 1. The Bertz CT molecular complexity index is 1150. The van der Waals surface area contributed by atoms with Gasteiger partial charge in [-0.15, -0.1) is 0 Å². The molecule has 0 aliphatic carbocycles. The number of fused-ring (bicyclic) bond motifs is 2. The molecule has 1 amide bonds. The molecule has 2 atom stereocenters. The summed E-state index contributed by atoms with van der Waals surface area (Å²) < 4.78 is 8.90. The molecule has 2 aromatic heterocycles. The van der Waals surface area contributed by atoms with Gasteiger partial charge in [0.15, 0.2) is 10.8 Å². The lowest BCUT2D eigenvalue weighted by Crippen LogP contribution is -2.34. The second-order valence-corrected chi connectivity index (χ2v) is 8.79. The minimum atomic E-state index is -0.207. The molecule has 8 nitrogen and oxygen atoms in total. The number of hydrogen-bond acceptors (Lipinski definition) is 6. The van der Waals surface area contributed by atoms with Crippen LogP contribution < -0.4 is 10.9 Å². The highest BCUT2D eigenvalue weighted by Gasteiger charge is 2.30. The quantitative estimate of drug-likeness (QED) is 0.631. The van der Waals surface area contributed by atoms with Crippen LogP contribution in [0.2, 0.25) is 0 Å². The Hall–Kier alpha value is -2.65. The van der Waals surface area contributed by atoms with E-state index in [0.29, 0.717) is 28.5 Å². The van der Waals surface area contributed by atoms with Gasteiger partial charge in [0.2, 0.25) is 5.91 Å². The second-order valence-electron chi connectivity index (χ2n) is 7.81. The molecule has 3 aromatic rings. The zero-order valence-electron chi connectivity index (χ0n) is 16.7. The van der Waals surface area contributed by atoms with E-state index in [0.717, 1.165) is 30.7 Å². The Morgan fingerprint density at radius 3 is 2.93 bits per heavy atom. The molecule has 0 radical (unpaired) electrons. The van der Waals surface area contributed by atoms with Gasteiger partial charge in [-0.05, 0) is 31.9 Å². The van der Waals surface area contributed by atoms with E-state index in [4.69, 9.17) is 9.72 Å². The maximum Gasteiger partial charge on any atom is 0.265 e. The molecule has 1 fully saturated rings. The lowest BCUT2D eigenvalue weighted by molar-refractivity contribution is -0.122. The second kappa shape index (κ2) is 7.88. The number of carbonyl (C=O) groups is 1. The minimum Gasteiger partial charge on any atom is -0.376 e. The van der Waals surface area contributed by atoms with E-state index in [1.165, 1.54) is 11.8 Å². The van der Waals surface area contributed by atoms with Crippen molar-refractivity contribution < 1.29 is 9.53 Å². The van der Waals surface area contributed by atoms with Gasteiger partial charge in [0.05, 0.1) is 24.0 Å². The number of aromatic nitrogens is 4. The van der Waals surface area contributed by atoms with Crippen LogP contribution in [0, 0.1) is 6.92 Å². The standard InChI is InChI=1S/C21H23N5O3S/c1-13-4-6-14(7-5-13)26-19-17(11-23-26)20(28)25-15(12-30-21(25)24-19)9-18(27)22-10-16-3-2-8-29-16/h4-7,11,15-16H,2-3,8-10,12H2,1H3,(H,22,27). The molecular weight excluding hydrogens is 402 g/mol. The average molecular weight is 426 g/mol. The van der Waals surface area contributed by atoms with Crippen molar-refractivity contribution in [1.82, 2.24) is 24.6 Å². The fourth-order valence-corrected chi connectivity index (χ4v) is 5.11. The highest BCUT2D eigenvalue weighted by molar-refractivity contribution is 7.99. The first-order valence-electron chi connectivity index (χ1n) is 10.2. The van der Waals surface area contributed by atoms with Crippen LogP contribution in [0.15, 0.2) is 40.4 Å². The number of amides is 1. The molecule has 2 aliphatic heterocycles. The number of benzene rings is 1. The summed E-state index contributed by atoms with van der Waals surface area (Å²) >= 11 is 1.51. The molecule has 156 valence electrons. The number of carbonyl (C=O) groups excluding carboxylic acids is 1. The first kappa shape index (κ1) is 19.3. The number of thioether (sulfide) groups is 1. The maximum atomic E-state index is 13.2. The largest absolute Gasteiger partial charge is 0.376 e. The van der Waals surface area contributed by atoms with Crippen molar-refractivity contribution in [2.45, 2.75) is 43.5 Å². The van der Waals surface area contributed by atoms with Gasteiger partial charge in [-0.25, -0.2) is 9.67 Å². The predicted molar refractivity (Wildman–Crippen MR) is 114 cm³/mol. The van der Waals surface area contributed by atoms with E-state index in [9.17, 15) is 9.59 Å².